The second-order valence-electron chi connectivity index (χ2n) is 5.74. The molecule has 0 spiro atoms. The summed E-state index contributed by atoms with van der Waals surface area (Å²) in [5, 5.41) is 3.84. The molecule has 3 aromatic rings. The van der Waals surface area contributed by atoms with Crippen LogP contribution in [0.5, 0.6) is 0 Å². The van der Waals surface area contributed by atoms with Crippen LogP contribution in [0.4, 0.5) is 11.4 Å². The van der Waals surface area contributed by atoms with Gasteiger partial charge in [0.1, 0.15) is 9.71 Å². The van der Waals surface area contributed by atoms with Crippen molar-refractivity contribution in [1.29, 1.82) is 0 Å². The Hall–Kier alpha value is -2.40. The molecular weight excluding hydrogens is 306 g/mol. The summed E-state index contributed by atoms with van der Waals surface area (Å²) in [5.41, 5.74) is 11.8. The average Bonchev–Trinajstić information content (AvgIpc) is 2.84. The predicted molar refractivity (Wildman–Crippen MR) is 97.4 cm³/mol. The molecular formula is C18H19N3OS. The molecule has 5 heteroatoms. The van der Waals surface area contributed by atoms with Crippen LogP contribution in [0.1, 0.15) is 32.1 Å². The molecule has 3 rings (SSSR count). The molecule has 0 fully saturated rings. The van der Waals surface area contributed by atoms with E-state index in [1.165, 1.54) is 11.3 Å². The largest absolute Gasteiger partial charge is 0.397 e. The maximum absolute atomic E-state index is 12.6. The van der Waals surface area contributed by atoms with Crippen molar-refractivity contribution in [3.63, 3.8) is 0 Å². The Bertz CT molecular complexity index is 928. The highest BCUT2D eigenvalue weighted by Crippen LogP contribution is 2.36. The summed E-state index contributed by atoms with van der Waals surface area (Å²) >= 11 is 1.35. The molecule has 4 nitrogen and oxygen atoms in total. The van der Waals surface area contributed by atoms with Crippen molar-refractivity contribution in [2.24, 2.45) is 0 Å². The third-order valence-electron chi connectivity index (χ3n) is 4.28. The van der Waals surface area contributed by atoms with Gasteiger partial charge in [-0.1, -0.05) is 18.2 Å². The highest BCUT2D eigenvalue weighted by atomic mass is 32.1. The topological polar surface area (TPSA) is 68.0 Å². The van der Waals surface area contributed by atoms with Crippen molar-refractivity contribution in [3.8, 4) is 0 Å². The van der Waals surface area contributed by atoms with Crippen LogP contribution in [0.15, 0.2) is 24.3 Å². The molecule has 2 heterocycles. The predicted octanol–water partition coefficient (Wildman–Crippen LogP) is 4.36. The fourth-order valence-corrected chi connectivity index (χ4v) is 3.73. The first kappa shape index (κ1) is 15.5. The molecule has 2 aromatic heterocycles. The molecule has 0 atom stereocenters. The molecule has 0 aliphatic rings. The standard InChI is InChI=1S/C18H19N3OS/c1-9-7-5-6-8-13(9)21-17(22)16-15(19)14-11(3)10(2)12(4)20-18(14)23-16/h5-8H,19H2,1-4H3,(H,21,22). The van der Waals surface area contributed by atoms with Crippen molar-refractivity contribution in [2.45, 2.75) is 27.7 Å². The number of hydrogen-bond acceptors (Lipinski definition) is 4. The molecule has 0 aliphatic heterocycles. The van der Waals surface area contributed by atoms with Gasteiger partial charge in [0.25, 0.3) is 5.91 Å². The summed E-state index contributed by atoms with van der Waals surface area (Å²) in [6.07, 6.45) is 0. The maximum Gasteiger partial charge on any atom is 0.267 e. The van der Waals surface area contributed by atoms with Crippen LogP contribution in [0, 0.1) is 27.7 Å². The highest BCUT2D eigenvalue weighted by molar-refractivity contribution is 7.21. The smallest absolute Gasteiger partial charge is 0.267 e. The van der Waals surface area contributed by atoms with Gasteiger partial charge in [-0.25, -0.2) is 4.98 Å². The first-order chi connectivity index (χ1) is 10.9. The van der Waals surface area contributed by atoms with E-state index in [9.17, 15) is 4.79 Å². The van der Waals surface area contributed by atoms with Crippen molar-refractivity contribution in [3.05, 3.63) is 51.5 Å². The number of hydrogen-bond donors (Lipinski definition) is 2. The van der Waals surface area contributed by atoms with Crippen LogP contribution in [0.25, 0.3) is 10.2 Å². The normalized spacial score (nSPS) is 11.0. The van der Waals surface area contributed by atoms with Crippen LogP contribution < -0.4 is 11.1 Å². The van der Waals surface area contributed by atoms with E-state index in [0.717, 1.165) is 38.3 Å². The lowest BCUT2D eigenvalue weighted by Crippen LogP contribution is -2.12. The van der Waals surface area contributed by atoms with E-state index in [1.54, 1.807) is 0 Å². The first-order valence-electron chi connectivity index (χ1n) is 7.43. The number of amides is 1. The van der Waals surface area contributed by atoms with Crippen molar-refractivity contribution in [2.75, 3.05) is 11.1 Å². The van der Waals surface area contributed by atoms with Gasteiger partial charge in [-0.15, -0.1) is 11.3 Å². The Morgan fingerprint density at radius 1 is 1.13 bits per heavy atom. The van der Waals surface area contributed by atoms with Gasteiger partial charge in [0, 0.05) is 16.8 Å². The Balaban J connectivity index is 2.07. The van der Waals surface area contributed by atoms with Crippen LogP contribution in [-0.4, -0.2) is 10.9 Å². The lowest BCUT2D eigenvalue weighted by Gasteiger charge is -2.07. The van der Waals surface area contributed by atoms with E-state index < -0.39 is 0 Å². The molecule has 0 saturated heterocycles. The minimum atomic E-state index is -0.186. The number of carbonyl (C=O) groups is 1. The minimum Gasteiger partial charge on any atom is -0.397 e. The second kappa shape index (κ2) is 5.66. The van der Waals surface area contributed by atoms with Gasteiger partial charge in [0.2, 0.25) is 0 Å². The summed E-state index contributed by atoms with van der Waals surface area (Å²) in [5.74, 6) is -0.186. The van der Waals surface area contributed by atoms with Crippen LogP contribution >= 0.6 is 11.3 Å². The molecule has 23 heavy (non-hydrogen) atoms. The number of nitrogens with two attached hydrogens (primary N) is 1. The van der Waals surface area contributed by atoms with Crippen molar-refractivity contribution >= 4 is 38.8 Å². The molecule has 0 saturated carbocycles. The second-order valence-corrected chi connectivity index (χ2v) is 6.74. The van der Waals surface area contributed by atoms with Gasteiger partial charge in [-0.3, -0.25) is 4.79 Å². The van der Waals surface area contributed by atoms with E-state index in [0.29, 0.717) is 10.6 Å². The highest BCUT2D eigenvalue weighted by Gasteiger charge is 2.20. The number of para-hydroxylation sites is 1. The monoisotopic (exact) mass is 325 g/mol. The number of nitrogens with one attached hydrogen (secondary N) is 1. The van der Waals surface area contributed by atoms with Gasteiger partial charge in [0.15, 0.2) is 0 Å². The zero-order chi connectivity index (χ0) is 16.7. The number of thiophene rings is 1. The lowest BCUT2D eigenvalue weighted by atomic mass is 10.1. The number of nitrogen functional groups attached to an aromatic ring is 1. The van der Waals surface area contributed by atoms with Crippen molar-refractivity contribution < 1.29 is 4.79 Å². The van der Waals surface area contributed by atoms with Crippen molar-refractivity contribution in [1.82, 2.24) is 4.98 Å². The van der Waals surface area contributed by atoms with Gasteiger partial charge in [-0.2, -0.15) is 0 Å². The number of carbonyl (C=O) groups excluding carboxylic acids is 1. The van der Waals surface area contributed by atoms with Crippen LogP contribution in [0.3, 0.4) is 0 Å². The minimum absolute atomic E-state index is 0.186. The number of nitrogens with zero attached hydrogens (tertiary/aromatic N) is 1. The fraction of sp³-hybridized carbons (Fsp3) is 0.222. The Morgan fingerprint density at radius 2 is 1.83 bits per heavy atom. The third-order valence-corrected chi connectivity index (χ3v) is 5.37. The number of fused-ring (bicyclic) bond motifs is 1. The number of pyridine rings is 1. The molecule has 3 N–H and O–H groups in total. The molecule has 0 aliphatic carbocycles. The number of benzene rings is 1. The number of rotatable bonds is 2. The molecule has 118 valence electrons. The van der Waals surface area contributed by atoms with Crippen LogP contribution in [0.2, 0.25) is 0 Å². The van der Waals surface area contributed by atoms with E-state index >= 15 is 0 Å². The third kappa shape index (κ3) is 2.57. The van der Waals surface area contributed by atoms with E-state index in [1.807, 2.05) is 52.0 Å². The number of anilines is 2. The van der Waals surface area contributed by atoms with Gasteiger partial charge in [0.05, 0.1) is 5.69 Å². The lowest BCUT2D eigenvalue weighted by molar-refractivity contribution is 0.103. The zero-order valence-electron chi connectivity index (χ0n) is 13.7. The zero-order valence-corrected chi connectivity index (χ0v) is 14.5. The van der Waals surface area contributed by atoms with E-state index in [-0.39, 0.29) is 5.91 Å². The Morgan fingerprint density at radius 3 is 2.52 bits per heavy atom. The average molecular weight is 325 g/mol. The Kier molecular flexibility index (Phi) is 3.82. The summed E-state index contributed by atoms with van der Waals surface area (Å²) < 4.78 is 0. The quantitative estimate of drug-likeness (QED) is 0.735. The molecule has 0 radical (unpaired) electrons. The summed E-state index contributed by atoms with van der Waals surface area (Å²) in [6.45, 7) is 7.99. The van der Waals surface area contributed by atoms with E-state index in [4.69, 9.17) is 5.73 Å². The first-order valence-corrected chi connectivity index (χ1v) is 8.24. The summed E-state index contributed by atoms with van der Waals surface area (Å²) in [7, 11) is 0. The number of aromatic nitrogens is 1. The molecule has 1 amide bonds. The number of aryl methyl sites for hydroxylation is 3. The van der Waals surface area contributed by atoms with Gasteiger partial charge in [-0.05, 0) is 50.5 Å². The summed E-state index contributed by atoms with van der Waals surface area (Å²) in [4.78, 5) is 18.5. The molecule has 1 aromatic carbocycles. The summed E-state index contributed by atoms with van der Waals surface area (Å²) in [6, 6.07) is 7.68. The molecule has 0 bridgehead atoms. The maximum atomic E-state index is 12.6. The Labute approximate surface area is 139 Å². The van der Waals surface area contributed by atoms with Crippen LogP contribution in [-0.2, 0) is 0 Å². The van der Waals surface area contributed by atoms with Gasteiger partial charge >= 0.3 is 0 Å². The fourth-order valence-electron chi connectivity index (χ4n) is 2.63. The van der Waals surface area contributed by atoms with Gasteiger partial charge < -0.3 is 11.1 Å². The SMILES string of the molecule is Cc1ccccc1NC(=O)c1sc2nc(C)c(C)c(C)c2c1N. The molecule has 0 unspecified atom stereocenters. The van der Waals surface area contributed by atoms with E-state index in [2.05, 4.69) is 10.3 Å².